The Morgan fingerprint density at radius 3 is 2.53 bits per heavy atom. The summed E-state index contributed by atoms with van der Waals surface area (Å²) < 4.78 is 5.15. The SMILES string of the molecule is COc1ccc(N2C(=O)[C@@H](C)[C@H]2c2cccs2)cc1. The highest BCUT2D eigenvalue weighted by Gasteiger charge is 2.46. The molecular weight excluding hydrogens is 258 g/mol. The normalized spacial score (nSPS) is 22.2. The van der Waals surface area contributed by atoms with Crippen LogP contribution in [0.5, 0.6) is 5.75 Å². The topological polar surface area (TPSA) is 29.5 Å². The molecule has 1 saturated heterocycles. The van der Waals surface area contributed by atoms with Crippen molar-refractivity contribution in [2.75, 3.05) is 12.0 Å². The van der Waals surface area contributed by atoms with Crippen molar-refractivity contribution in [3.63, 3.8) is 0 Å². The summed E-state index contributed by atoms with van der Waals surface area (Å²) in [4.78, 5) is 15.2. The Morgan fingerprint density at radius 1 is 1.21 bits per heavy atom. The monoisotopic (exact) mass is 273 g/mol. The summed E-state index contributed by atoms with van der Waals surface area (Å²) in [5.74, 6) is 1.04. The van der Waals surface area contributed by atoms with Gasteiger partial charge in [0.1, 0.15) is 5.75 Å². The molecule has 0 bridgehead atoms. The van der Waals surface area contributed by atoms with Gasteiger partial charge in [0.05, 0.1) is 19.1 Å². The van der Waals surface area contributed by atoms with Crippen molar-refractivity contribution in [1.82, 2.24) is 0 Å². The number of hydrogen-bond donors (Lipinski definition) is 0. The lowest BCUT2D eigenvalue weighted by molar-refractivity contribution is -0.129. The quantitative estimate of drug-likeness (QED) is 0.801. The van der Waals surface area contributed by atoms with E-state index in [0.717, 1.165) is 11.4 Å². The number of carbonyl (C=O) groups excluding carboxylic acids is 1. The van der Waals surface area contributed by atoms with Gasteiger partial charge >= 0.3 is 0 Å². The molecule has 1 aromatic carbocycles. The first kappa shape index (κ1) is 12.2. The number of carbonyl (C=O) groups is 1. The number of benzene rings is 1. The molecule has 98 valence electrons. The summed E-state index contributed by atoms with van der Waals surface area (Å²) in [6, 6.07) is 11.9. The van der Waals surface area contributed by atoms with E-state index in [9.17, 15) is 4.79 Å². The van der Waals surface area contributed by atoms with Gasteiger partial charge in [-0.2, -0.15) is 0 Å². The molecule has 3 nitrogen and oxygen atoms in total. The summed E-state index contributed by atoms with van der Waals surface area (Å²) in [6.07, 6.45) is 0. The van der Waals surface area contributed by atoms with Crippen molar-refractivity contribution in [2.24, 2.45) is 5.92 Å². The van der Waals surface area contributed by atoms with Gasteiger partial charge in [-0.1, -0.05) is 13.0 Å². The van der Waals surface area contributed by atoms with Crippen molar-refractivity contribution in [3.05, 3.63) is 46.7 Å². The predicted molar refractivity (Wildman–Crippen MR) is 76.7 cm³/mol. The zero-order chi connectivity index (χ0) is 13.4. The van der Waals surface area contributed by atoms with Crippen molar-refractivity contribution in [1.29, 1.82) is 0 Å². The largest absolute Gasteiger partial charge is 0.497 e. The number of hydrogen-bond acceptors (Lipinski definition) is 3. The standard InChI is InChI=1S/C15H15NO2S/c1-10-14(13-4-3-9-19-13)16(15(10)17)11-5-7-12(18-2)8-6-11/h3-10,14H,1-2H3/t10-,14-/m0/s1. The molecule has 1 aromatic heterocycles. The van der Waals surface area contributed by atoms with Gasteiger partial charge in [0.25, 0.3) is 0 Å². The van der Waals surface area contributed by atoms with Crippen LogP contribution in [-0.2, 0) is 4.79 Å². The molecule has 1 fully saturated rings. The number of ether oxygens (including phenoxy) is 1. The van der Waals surface area contributed by atoms with Gasteiger partial charge in [-0.05, 0) is 35.7 Å². The number of nitrogens with zero attached hydrogens (tertiary/aromatic N) is 1. The molecule has 2 atom stereocenters. The van der Waals surface area contributed by atoms with Crippen LogP contribution in [0, 0.1) is 5.92 Å². The Bertz CT molecular complexity index is 577. The average Bonchev–Trinajstić information content (AvgIpc) is 2.97. The van der Waals surface area contributed by atoms with E-state index in [1.807, 2.05) is 42.2 Å². The van der Waals surface area contributed by atoms with Gasteiger partial charge < -0.3 is 9.64 Å². The van der Waals surface area contributed by atoms with Crippen LogP contribution < -0.4 is 9.64 Å². The molecule has 1 aliphatic heterocycles. The van der Waals surface area contributed by atoms with Crippen LogP contribution in [-0.4, -0.2) is 13.0 Å². The number of thiophene rings is 1. The molecule has 2 heterocycles. The summed E-state index contributed by atoms with van der Waals surface area (Å²) in [6.45, 7) is 1.99. The molecule has 0 unspecified atom stereocenters. The molecule has 4 heteroatoms. The molecule has 0 aliphatic carbocycles. The second-order valence-electron chi connectivity index (χ2n) is 4.66. The second kappa shape index (κ2) is 4.70. The second-order valence-corrected chi connectivity index (χ2v) is 5.63. The fourth-order valence-corrected chi connectivity index (χ4v) is 3.42. The van der Waals surface area contributed by atoms with Crippen molar-refractivity contribution in [3.8, 4) is 5.75 Å². The third-order valence-electron chi connectivity index (χ3n) is 3.56. The van der Waals surface area contributed by atoms with Gasteiger partial charge in [0.15, 0.2) is 0 Å². The fourth-order valence-electron chi connectivity index (χ4n) is 2.50. The lowest BCUT2D eigenvalue weighted by Gasteiger charge is -2.45. The fraction of sp³-hybridized carbons (Fsp3) is 0.267. The Kier molecular flexibility index (Phi) is 3.03. The maximum absolute atomic E-state index is 12.1. The van der Waals surface area contributed by atoms with Crippen LogP contribution >= 0.6 is 11.3 Å². The van der Waals surface area contributed by atoms with Crippen LogP contribution in [0.1, 0.15) is 17.8 Å². The summed E-state index contributed by atoms with van der Waals surface area (Å²) in [5.41, 5.74) is 0.933. The molecule has 0 N–H and O–H groups in total. The summed E-state index contributed by atoms with van der Waals surface area (Å²) in [7, 11) is 1.64. The van der Waals surface area contributed by atoms with Gasteiger partial charge in [-0.25, -0.2) is 0 Å². The van der Waals surface area contributed by atoms with Crippen molar-refractivity contribution >= 4 is 22.9 Å². The van der Waals surface area contributed by atoms with E-state index in [0.29, 0.717) is 0 Å². The van der Waals surface area contributed by atoms with E-state index < -0.39 is 0 Å². The van der Waals surface area contributed by atoms with Gasteiger partial charge in [-0.3, -0.25) is 4.79 Å². The third kappa shape index (κ3) is 1.92. The van der Waals surface area contributed by atoms with E-state index in [2.05, 4.69) is 11.4 Å². The Morgan fingerprint density at radius 2 is 1.95 bits per heavy atom. The first-order valence-electron chi connectivity index (χ1n) is 6.23. The number of amides is 1. The third-order valence-corrected chi connectivity index (χ3v) is 4.51. The number of β-lactam (4-membered cyclic amide) rings is 1. The smallest absolute Gasteiger partial charge is 0.232 e. The molecule has 19 heavy (non-hydrogen) atoms. The maximum Gasteiger partial charge on any atom is 0.232 e. The van der Waals surface area contributed by atoms with E-state index in [1.54, 1.807) is 18.4 Å². The lowest BCUT2D eigenvalue weighted by atomic mass is 9.87. The van der Waals surface area contributed by atoms with E-state index >= 15 is 0 Å². The van der Waals surface area contributed by atoms with Crippen molar-refractivity contribution in [2.45, 2.75) is 13.0 Å². The maximum atomic E-state index is 12.1. The molecular formula is C15H15NO2S. The van der Waals surface area contributed by atoms with Crippen LogP contribution in [0.25, 0.3) is 0 Å². The minimum absolute atomic E-state index is 0.0563. The zero-order valence-corrected chi connectivity index (χ0v) is 11.7. The summed E-state index contributed by atoms with van der Waals surface area (Å²) >= 11 is 1.70. The van der Waals surface area contributed by atoms with Gasteiger partial charge in [-0.15, -0.1) is 11.3 Å². The molecule has 0 spiro atoms. The highest BCUT2D eigenvalue weighted by molar-refractivity contribution is 7.10. The minimum Gasteiger partial charge on any atom is -0.497 e. The summed E-state index contributed by atoms with van der Waals surface area (Å²) in [5, 5.41) is 2.05. The van der Waals surface area contributed by atoms with Crippen LogP contribution in [0.4, 0.5) is 5.69 Å². The molecule has 1 aliphatic rings. The molecule has 3 rings (SSSR count). The molecule has 0 radical (unpaired) electrons. The minimum atomic E-state index is 0.0563. The molecule has 1 amide bonds. The van der Waals surface area contributed by atoms with E-state index in [-0.39, 0.29) is 17.9 Å². The van der Waals surface area contributed by atoms with Crippen LogP contribution in [0.3, 0.4) is 0 Å². The van der Waals surface area contributed by atoms with E-state index in [1.165, 1.54) is 4.88 Å². The lowest BCUT2D eigenvalue weighted by Crippen LogP contribution is -2.53. The van der Waals surface area contributed by atoms with Gasteiger partial charge in [0.2, 0.25) is 5.91 Å². The number of rotatable bonds is 3. The Balaban J connectivity index is 1.91. The van der Waals surface area contributed by atoms with E-state index in [4.69, 9.17) is 4.74 Å². The Labute approximate surface area is 116 Å². The number of methoxy groups -OCH3 is 1. The molecule has 0 saturated carbocycles. The first-order valence-corrected chi connectivity index (χ1v) is 7.11. The van der Waals surface area contributed by atoms with Crippen LogP contribution in [0.15, 0.2) is 41.8 Å². The zero-order valence-electron chi connectivity index (χ0n) is 10.9. The van der Waals surface area contributed by atoms with Gasteiger partial charge in [0, 0.05) is 10.6 Å². The average molecular weight is 273 g/mol. The first-order chi connectivity index (χ1) is 9.22. The van der Waals surface area contributed by atoms with Crippen LogP contribution in [0.2, 0.25) is 0 Å². The predicted octanol–water partition coefficient (Wildman–Crippen LogP) is 3.48. The number of anilines is 1. The Hall–Kier alpha value is -1.81. The highest BCUT2D eigenvalue weighted by atomic mass is 32.1. The van der Waals surface area contributed by atoms with Crippen molar-refractivity contribution < 1.29 is 9.53 Å². The molecule has 2 aromatic rings. The highest BCUT2D eigenvalue weighted by Crippen LogP contribution is 2.44.